The molecule has 0 bridgehead atoms. The summed E-state index contributed by atoms with van der Waals surface area (Å²) in [5.74, 6) is -0.485. The molecule has 1 N–H and O–H groups in total. The minimum atomic E-state index is -0.491. The van der Waals surface area contributed by atoms with Gasteiger partial charge in [-0.05, 0) is 18.9 Å². The van der Waals surface area contributed by atoms with E-state index in [4.69, 9.17) is 0 Å². The van der Waals surface area contributed by atoms with E-state index in [9.17, 15) is 19.3 Å². The summed E-state index contributed by atoms with van der Waals surface area (Å²) in [6.45, 7) is 2.50. The van der Waals surface area contributed by atoms with Crippen molar-refractivity contribution in [3.8, 4) is 0 Å². The highest BCUT2D eigenvalue weighted by Gasteiger charge is 2.32. The van der Waals surface area contributed by atoms with Crippen LogP contribution in [0.2, 0.25) is 0 Å². The number of halogens is 1. The second kappa shape index (κ2) is 5.78. The van der Waals surface area contributed by atoms with E-state index in [2.05, 4.69) is 5.32 Å². The van der Waals surface area contributed by atoms with E-state index in [1.54, 1.807) is 0 Å². The molecule has 2 amide bonds. The zero-order valence-electron chi connectivity index (χ0n) is 12.0. The zero-order valence-corrected chi connectivity index (χ0v) is 12.0. The third kappa shape index (κ3) is 2.68. The first-order valence-electron chi connectivity index (χ1n) is 7.29. The summed E-state index contributed by atoms with van der Waals surface area (Å²) in [5.41, 5.74) is 0.230. The van der Waals surface area contributed by atoms with E-state index in [1.165, 1.54) is 12.1 Å². The number of amides is 2. The summed E-state index contributed by atoms with van der Waals surface area (Å²) in [6.07, 6.45) is 1.45. The van der Waals surface area contributed by atoms with Gasteiger partial charge in [-0.15, -0.1) is 0 Å². The van der Waals surface area contributed by atoms with Crippen LogP contribution in [0.3, 0.4) is 0 Å². The van der Waals surface area contributed by atoms with Gasteiger partial charge in [-0.2, -0.15) is 0 Å². The summed E-state index contributed by atoms with van der Waals surface area (Å²) in [7, 11) is 0. The summed E-state index contributed by atoms with van der Waals surface area (Å²) >= 11 is 0. The maximum atomic E-state index is 13.4. The maximum absolute atomic E-state index is 13.4. The van der Waals surface area contributed by atoms with Crippen molar-refractivity contribution in [2.24, 2.45) is 0 Å². The molecule has 0 saturated carbocycles. The van der Waals surface area contributed by atoms with Crippen molar-refractivity contribution in [3.05, 3.63) is 34.1 Å². The Morgan fingerprint density at radius 3 is 2.59 bits per heavy atom. The number of carbonyl (C=O) groups is 1. The molecule has 2 aliphatic rings. The third-order valence-corrected chi connectivity index (χ3v) is 4.27. The lowest BCUT2D eigenvalue weighted by Crippen LogP contribution is -2.46. The van der Waals surface area contributed by atoms with Gasteiger partial charge < -0.3 is 15.1 Å². The Balaban J connectivity index is 1.72. The molecule has 2 saturated heterocycles. The van der Waals surface area contributed by atoms with E-state index >= 15 is 0 Å². The average Bonchev–Trinajstić information content (AvgIpc) is 2.93. The zero-order chi connectivity index (χ0) is 15.7. The van der Waals surface area contributed by atoms with Crippen LogP contribution in [0.25, 0.3) is 0 Å². The van der Waals surface area contributed by atoms with Gasteiger partial charge in [0, 0.05) is 44.4 Å². The molecule has 0 aromatic heterocycles. The Morgan fingerprint density at radius 2 is 2.00 bits per heavy atom. The first-order valence-corrected chi connectivity index (χ1v) is 7.29. The number of piperidine rings is 1. The smallest absolute Gasteiger partial charge is 0.317 e. The van der Waals surface area contributed by atoms with Crippen molar-refractivity contribution in [3.63, 3.8) is 0 Å². The number of hydrogen-bond acceptors (Lipinski definition) is 4. The monoisotopic (exact) mass is 308 g/mol. The van der Waals surface area contributed by atoms with E-state index in [0.29, 0.717) is 31.9 Å². The van der Waals surface area contributed by atoms with Gasteiger partial charge in [0.05, 0.1) is 4.92 Å². The molecule has 2 heterocycles. The molecule has 2 aliphatic heterocycles. The molecule has 7 nitrogen and oxygen atoms in total. The lowest BCUT2D eigenvalue weighted by atomic mass is 10.0. The van der Waals surface area contributed by atoms with Gasteiger partial charge in [0.25, 0.3) is 5.69 Å². The second-order valence-corrected chi connectivity index (χ2v) is 5.53. The van der Waals surface area contributed by atoms with Crippen LogP contribution in [0.4, 0.5) is 20.6 Å². The van der Waals surface area contributed by atoms with Crippen LogP contribution in [0.15, 0.2) is 18.2 Å². The molecule has 0 unspecified atom stereocenters. The highest BCUT2D eigenvalue weighted by Crippen LogP contribution is 2.31. The molecule has 0 radical (unpaired) electrons. The Kier molecular flexibility index (Phi) is 3.82. The number of carbonyl (C=O) groups excluding carboxylic acids is 1. The highest BCUT2D eigenvalue weighted by atomic mass is 19.1. The van der Waals surface area contributed by atoms with Crippen molar-refractivity contribution in [1.82, 2.24) is 10.2 Å². The lowest BCUT2D eigenvalue weighted by molar-refractivity contribution is -0.384. The number of urea groups is 1. The maximum Gasteiger partial charge on any atom is 0.317 e. The average molecular weight is 308 g/mol. The standard InChI is InChI=1S/C14H17FN4O3/c15-10-1-2-12(19(21)22)13(9-10)17-6-3-11(4-7-17)18-8-5-16-14(18)20/h1-2,9,11H,3-8H2,(H,16,20). The summed E-state index contributed by atoms with van der Waals surface area (Å²) in [5, 5.41) is 13.9. The number of nitrogens with one attached hydrogen (secondary N) is 1. The third-order valence-electron chi connectivity index (χ3n) is 4.27. The highest BCUT2D eigenvalue weighted by molar-refractivity contribution is 5.76. The summed E-state index contributed by atoms with van der Waals surface area (Å²) < 4.78 is 13.4. The van der Waals surface area contributed by atoms with Gasteiger partial charge in [0.1, 0.15) is 11.5 Å². The van der Waals surface area contributed by atoms with Crippen LogP contribution in [-0.4, -0.2) is 48.1 Å². The molecule has 1 aromatic rings. The Labute approximate surface area is 126 Å². The van der Waals surface area contributed by atoms with Crippen LogP contribution in [0.1, 0.15) is 12.8 Å². The molecule has 0 atom stereocenters. The van der Waals surface area contributed by atoms with E-state index in [0.717, 1.165) is 18.9 Å². The second-order valence-electron chi connectivity index (χ2n) is 5.53. The Bertz CT molecular complexity index is 602. The van der Waals surface area contributed by atoms with Crippen LogP contribution < -0.4 is 10.2 Å². The number of benzene rings is 1. The molecular formula is C14H17FN4O3. The summed E-state index contributed by atoms with van der Waals surface area (Å²) in [6, 6.07) is 3.61. The van der Waals surface area contributed by atoms with E-state index < -0.39 is 10.7 Å². The van der Waals surface area contributed by atoms with Gasteiger partial charge in [0.15, 0.2) is 0 Å². The Hall–Kier alpha value is -2.38. The quantitative estimate of drug-likeness (QED) is 0.681. The van der Waals surface area contributed by atoms with Crippen LogP contribution in [0.5, 0.6) is 0 Å². The first kappa shape index (κ1) is 14.6. The van der Waals surface area contributed by atoms with Crippen LogP contribution in [-0.2, 0) is 0 Å². The number of nitrogens with zero attached hydrogens (tertiary/aromatic N) is 3. The number of hydrogen-bond donors (Lipinski definition) is 1. The number of rotatable bonds is 3. The van der Waals surface area contributed by atoms with Crippen LogP contribution >= 0.6 is 0 Å². The van der Waals surface area contributed by atoms with Crippen molar-refractivity contribution in [2.75, 3.05) is 31.1 Å². The number of nitro benzene ring substituents is 1. The fraction of sp³-hybridized carbons (Fsp3) is 0.500. The largest absolute Gasteiger partial charge is 0.366 e. The number of anilines is 1. The molecule has 1 aromatic carbocycles. The molecule has 3 rings (SSSR count). The molecular weight excluding hydrogens is 291 g/mol. The SMILES string of the molecule is O=C1NCCN1C1CCN(c2cc(F)ccc2[N+](=O)[O-])CC1. The minimum absolute atomic E-state index is 0.0461. The Morgan fingerprint density at radius 1 is 1.27 bits per heavy atom. The predicted molar refractivity (Wildman–Crippen MR) is 78.4 cm³/mol. The lowest BCUT2D eigenvalue weighted by Gasteiger charge is -2.37. The minimum Gasteiger partial charge on any atom is -0.366 e. The molecule has 22 heavy (non-hydrogen) atoms. The molecule has 2 fully saturated rings. The van der Waals surface area contributed by atoms with Gasteiger partial charge >= 0.3 is 6.03 Å². The molecule has 8 heteroatoms. The molecule has 118 valence electrons. The van der Waals surface area contributed by atoms with Gasteiger partial charge in [-0.25, -0.2) is 9.18 Å². The fourth-order valence-corrected chi connectivity index (χ4v) is 3.16. The molecule has 0 aliphatic carbocycles. The van der Waals surface area contributed by atoms with Gasteiger partial charge in [-0.1, -0.05) is 0 Å². The van der Waals surface area contributed by atoms with Crippen LogP contribution in [0, 0.1) is 15.9 Å². The predicted octanol–water partition coefficient (Wildman–Crippen LogP) is 1.73. The van der Waals surface area contributed by atoms with E-state index in [-0.39, 0.29) is 17.8 Å². The van der Waals surface area contributed by atoms with Crippen molar-refractivity contribution in [1.29, 1.82) is 0 Å². The van der Waals surface area contributed by atoms with E-state index in [1.807, 2.05) is 9.80 Å². The number of nitro groups is 1. The first-order chi connectivity index (χ1) is 10.6. The topological polar surface area (TPSA) is 78.7 Å². The normalized spacial score (nSPS) is 19.4. The van der Waals surface area contributed by atoms with Gasteiger partial charge in [0.2, 0.25) is 0 Å². The fourth-order valence-electron chi connectivity index (χ4n) is 3.16. The van der Waals surface area contributed by atoms with Gasteiger partial charge in [-0.3, -0.25) is 10.1 Å². The van der Waals surface area contributed by atoms with Crippen molar-refractivity contribution >= 4 is 17.4 Å². The van der Waals surface area contributed by atoms with Crippen molar-refractivity contribution < 1.29 is 14.1 Å². The summed E-state index contributed by atoms with van der Waals surface area (Å²) in [4.78, 5) is 25.9. The van der Waals surface area contributed by atoms with Crippen molar-refractivity contribution in [2.45, 2.75) is 18.9 Å². The molecule has 0 spiro atoms.